The Morgan fingerprint density at radius 2 is 2.28 bits per heavy atom. The fourth-order valence-electron chi connectivity index (χ4n) is 1.89. The summed E-state index contributed by atoms with van der Waals surface area (Å²) in [6.45, 7) is 4.09. The molecule has 0 bridgehead atoms. The Hall–Kier alpha value is -1.88. The van der Waals surface area contributed by atoms with E-state index >= 15 is 0 Å². The third-order valence-electron chi connectivity index (χ3n) is 3.08. The van der Waals surface area contributed by atoms with Crippen LogP contribution in [0.5, 0.6) is 0 Å². The third-order valence-corrected chi connectivity index (χ3v) is 3.08. The van der Waals surface area contributed by atoms with Gasteiger partial charge in [-0.1, -0.05) is 6.92 Å². The number of aromatic amines is 1. The predicted octanol–water partition coefficient (Wildman–Crippen LogP) is 1.43. The van der Waals surface area contributed by atoms with Crippen molar-refractivity contribution in [3.63, 3.8) is 0 Å². The fourth-order valence-corrected chi connectivity index (χ4v) is 1.89. The van der Waals surface area contributed by atoms with Crippen molar-refractivity contribution < 1.29 is 4.79 Å². The second-order valence-corrected chi connectivity index (χ2v) is 4.56. The second kappa shape index (κ2) is 4.78. The van der Waals surface area contributed by atoms with Gasteiger partial charge in [-0.25, -0.2) is 4.98 Å². The van der Waals surface area contributed by atoms with Crippen LogP contribution >= 0.6 is 0 Å². The monoisotopic (exact) mass is 246 g/mol. The van der Waals surface area contributed by atoms with E-state index in [1.807, 2.05) is 32.0 Å². The number of nitrogens with one attached hydrogen (secondary N) is 1. The van der Waals surface area contributed by atoms with E-state index in [1.54, 1.807) is 11.9 Å². The molecule has 0 fully saturated rings. The lowest BCUT2D eigenvalue weighted by atomic mass is 10.1. The molecule has 3 N–H and O–H groups in total. The largest absolute Gasteiger partial charge is 0.342 e. The van der Waals surface area contributed by atoms with Crippen LogP contribution in [0.15, 0.2) is 18.2 Å². The number of fused-ring (bicyclic) bond motifs is 1. The van der Waals surface area contributed by atoms with Crippen LogP contribution in [0, 0.1) is 12.8 Å². The summed E-state index contributed by atoms with van der Waals surface area (Å²) in [5.74, 6) is 0.716. The number of hydrogen-bond acceptors (Lipinski definition) is 3. The molecule has 2 rings (SSSR count). The molecular weight excluding hydrogens is 228 g/mol. The molecule has 2 aromatic rings. The standard InChI is InChI=1S/C13H18N4O/c1-8(7-14)13(18)17(3)10-4-5-11-12(6-10)16-9(2)15-11/h4-6,8H,7,14H2,1-3H3,(H,15,16). The minimum absolute atomic E-state index is 0.0214. The summed E-state index contributed by atoms with van der Waals surface area (Å²) < 4.78 is 0. The quantitative estimate of drug-likeness (QED) is 0.860. The average Bonchev–Trinajstić information content (AvgIpc) is 2.74. The first-order chi connectivity index (χ1) is 8.52. The van der Waals surface area contributed by atoms with Crippen LogP contribution in [0.3, 0.4) is 0 Å². The lowest BCUT2D eigenvalue weighted by Crippen LogP contribution is -2.35. The van der Waals surface area contributed by atoms with E-state index in [-0.39, 0.29) is 11.8 Å². The molecule has 1 aromatic carbocycles. The third kappa shape index (κ3) is 2.22. The van der Waals surface area contributed by atoms with Crippen molar-refractivity contribution >= 4 is 22.6 Å². The van der Waals surface area contributed by atoms with Crippen molar-refractivity contribution in [2.75, 3.05) is 18.5 Å². The van der Waals surface area contributed by atoms with Gasteiger partial charge in [0.05, 0.1) is 11.0 Å². The number of nitrogens with zero attached hydrogens (tertiary/aromatic N) is 2. The van der Waals surface area contributed by atoms with Crippen LogP contribution in [0.25, 0.3) is 11.0 Å². The minimum atomic E-state index is -0.172. The van der Waals surface area contributed by atoms with E-state index in [4.69, 9.17) is 5.73 Å². The van der Waals surface area contributed by atoms with Gasteiger partial charge >= 0.3 is 0 Å². The predicted molar refractivity (Wildman–Crippen MR) is 72.5 cm³/mol. The molecule has 1 atom stereocenters. The maximum absolute atomic E-state index is 12.0. The summed E-state index contributed by atoms with van der Waals surface area (Å²) in [6, 6.07) is 5.73. The van der Waals surface area contributed by atoms with Gasteiger partial charge in [-0.05, 0) is 25.1 Å². The summed E-state index contributed by atoms with van der Waals surface area (Å²) in [7, 11) is 1.76. The topological polar surface area (TPSA) is 75.0 Å². The Bertz CT molecular complexity index is 575. The summed E-state index contributed by atoms with van der Waals surface area (Å²) in [6.07, 6.45) is 0. The number of carbonyl (C=O) groups excluding carboxylic acids is 1. The van der Waals surface area contributed by atoms with Gasteiger partial charge in [-0.15, -0.1) is 0 Å². The van der Waals surface area contributed by atoms with Gasteiger partial charge in [0.2, 0.25) is 5.91 Å². The molecule has 1 amide bonds. The van der Waals surface area contributed by atoms with Gasteiger partial charge in [-0.2, -0.15) is 0 Å². The van der Waals surface area contributed by atoms with Crippen LogP contribution in [0.1, 0.15) is 12.7 Å². The number of aromatic nitrogens is 2. The Morgan fingerprint density at radius 1 is 1.56 bits per heavy atom. The Labute approximate surface area is 106 Å². The number of rotatable bonds is 3. The molecule has 1 unspecified atom stereocenters. The highest BCUT2D eigenvalue weighted by atomic mass is 16.2. The second-order valence-electron chi connectivity index (χ2n) is 4.56. The summed E-state index contributed by atoms with van der Waals surface area (Å²) in [5, 5.41) is 0. The highest BCUT2D eigenvalue weighted by Crippen LogP contribution is 2.20. The smallest absolute Gasteiger partial charge is 0.230 e. The zero-order chi connectivity index (χ0) is 13.3. The zero-order valence-electron chi connectivity index (χ0n) is 10.9. The number of hydrogen-bond donors (Lipinski definition) is 2. The Kier molecular flexibility index (Phi) is 3.34. The molecule has 0 aliphatic rings. The van der Waals surface area contributed by atoms with E-state index in [9.17, 15) is 4.79 Å². The van der Waals surface area contributed by atoms with Crippen molar-refractivity contribution in [3.05, 3.63) is 24.0 Å². The molecule has 5 nitrogen and oxygen atoms in total. The van der Waals surface area contributed by atoms with Gasteiger partial charge in [-0.3, -0.25) is 4.79 Å². The van der Waals surface area contributed by atoms with Gasteiger partial charge in [0.15, 0.2) is 0 Å². The molecule has 0 saturated carbocycles. The number of carbonyl (C=O) groups is 1. The van der Waals surface area contributed by atoms with Crippen LogP contribution in [0.2, 0.25) is 0 Å². The fraction of sp³-hybridized carbons (Fsp3) is 0.385. The molecule has 96 valence electrons. The Balaban J connectivity index is 2.32. The molecule has 1 heterocycles. The molecular formula is C13H18N4O. The lowest BCUT2D eigenvalue weighted by Gasteiger charge is -2.20. The number of nitrogens with two attached hydrogens (primary N) is 1. The minimum Gasteiger partial charge on any atom is -0.342 e. The number of imidazole rings is 1. The number of amides is 1. The maximum Gasteiger partial charge on any atom is 0.230 e. The first-order valence-corrected chi connectivity index (χ1v) is 5.97. The zero-order valence-corrected chi connectivity index (χ0v) is 10.9. The first kappa shape index (κ1) is 12.6. The summed E-state index contributed by atoms with van der Waals surface area (Å²) >= 11 is 0. The summed E-state index contributed by atoms with van der Waals surface area (Å²) in [5.41, 5.74) is 8.20. The van der Waals surface area contributed by atoms with Crippen molar-refractivity contribution in [1.82, 2.24) is 9.97 Å². The molecule has 0 spiro atoms. The van der Waals surface area contributed by atoms with Crippen molar-refractivity contribution in [3.8, 4) is 0 Å². The van der Waals surface area contributed by atoms with Crippen molar-refractivity contribution in [1.29, 1.82) is 0 Å². The highest BCUT2D eigenvalue weighted by molar-refractivity contribution is 5.96. The van der Waals surface area contributed by atoms with Crippen molar-refractivity contribution in [2.24, 2.45) is 11.7 Å². The highest BCUT2D eigenvalue weighted by Gasteiger charge is 2.17. The van der Waals surface area contributed by atoms with E-state index in [0.717, 1.165) is 22.5 Å². The molecule has 5 heteroatoms. The van der Waals surface area contributed by atoms with Crippen LogP contribution < -0.4 is 10.6 Å². The van der Waals surface area contributed by atoms with E-state index in [1.165, 1.54) is 0 Å². The van der Waals surface area contributed by atoms with Crippen LogP contribution in [0.4, 0.5) is 5.69 Å². The number of H-pyrrole nitrogens is 1. The van der Waals surface area contributed by atoms with E-state index in [0.29, 0.717) is 6.54 Å². The number of anilines is 1. The van der Waals surface area contributed by atoms with Gasteiger partial charge < -0.3 is 15.6 Å². The van der Waals surface area contributed by atoms with E-state index < -0.39 is 0 Å². The molecule has 18 heavy (non-hydrogen) atoms. The van der Waals surface area contributed by atoms with Crippen LogP contribution in [-0.2, 0) is 4.79 Å². The molecule has 0 aliphatic carbocycles. The molecule has 0 saturated heterocycles. The van der Waals surface area contributed by atoms with Crippen molar-refractivity contribution in [2.45, 2.75) is 13.8 Å². The number of benzene rings is 1. The van der Waals surface area contributed by atoms with Gasteiger partial charge in [0.25, 0.3) is 0 Å². The maximum atomic E-state index is 12.0. The molecule has 1 aromatic heterocycles. The molecule has 0 radical (unpaired) electrons. The summed E-state index contributed by atoms with van der Waals surface area (Å²) in [4.78, 5) is 21.2. The first-order valence-electron chi connectivity index (χ1n) is 5.97. The normalized spacial score (nSPS) is 12.7. The molecule has 0 aliphatic heterocycles. The SMILES string of the molecule is Cc1nc2ccc(N(C)C(=O)C(C)CN)cc2[nH]1. The lowest BCUT2D eigenvalue weighted by molar-refractivity contribution is -0.121. The average molecular weight is 246 g/mol. The Morgan fingerprint density at radius 3 is 2.94 bits per heavy atom. The van der Waals surface area contributed by atoms with E-state index in [2.05, 4.69) is 9.97 Å². The van der Waals surface area contributed by atoms with Gasteiger partial charge in [0, 0.05) is 25.2 Å². The number of aryl methyl sites for hydroxylation is 1. The van der Waals surface area contributed by atoms with Crippen LogP contribution in [-0.4, -0.2) is 29.5 Å². The van der Waals surface area contributed by atoms with Gasteiger partial charge in [0.1, 0.15) is 5.82 Å².